The zero-order chi connectivity index (χ0) is 27.0. The van der Waals surface area contributed by atoms with Crippen LogP contribution in [0.4, 0.5) is 5.82 Å². The Bertz CT molecular complexity index is 1420. The van der Waals surface area contributed by atoms with Crippen LogP contribution >= 0.6 is 0 Å². The molecule has 3 aromatic carbocycles. The van der Waals surface area contributed by atoms with E-state index in [0.29, 0.717) is 29.8 Å². The Morgan fingerprint density at radius 2 is 1.74 bits per heavy atom. The van der Waals surface area contributed by atoms with Crippen molar-refractivity contribution in [3.63, 3.8) is 0 Å². The first-order valence-corrected chi connectivity index (χ1v) is 13.2. The van der Waals surface area contributed by atoms with Gasteiger partial charge in [-0.15, -0.1) is 0 Å². The number of nitrogen functional groups attached to an aromatic ring is 1. The highest BCUT2D eigenvalue weighted by atomic mass is 16.2. The Balaban J connectivity index is 1.35. The Morgan fingerprint density at radius 3 is 2.49 bits per heavy atom. The molecule has 1 aliphatic heterocycles. The van der Waals surface area contributed by atoms with Gasteiger partial charge in [0.1, 0.15) is 0 Å². The molecule has 8 nitrogen and oxygen atoms in total. The van der Waals surface area contributed by atoms with Gasteiger partial charge in [-0.3, -0.25) is 9.59 Å². The van der Waals surface area contributed by atoms with Crippen LogP contribution in [0.2, 0.25) is 0 Å². The van der Waals surface area contributed by atoms with Crippen LogP contribution in [-0.2, 0) is 6.42 Å². The Hall–Kier alpha value is -4.56. The number of carbonyl (C=O) groups is 2. The summed E-state index contributed by atoms with van der Waals surface area (Å²) in [6.07, 6.45) is 4.08. The van der Waals surface area contributed by atoms with Gasteiger partial charge >= 0.3 is 0 Å². The van der Waals surface area contributed by atoms with Crippen LogP contribution in [0.3, 0.4) is 0 Å². The van der Waals surface area contributed by atoms with Crippen molar-refractivity contribution in [2.45, 2.75) is 31.3 Å². The average molecular weight is 521 g/mol. The van der Waals surface area contributed by atoms with E-state index < -0.39 is 0 Å². The summed E-state index contributed by atoms with van der Waals surface area (Å²) < 4.78 is 0. The van der Waals surface area contributed by atoms with Gasteiger partial charge < -0.3 is 21.7 Å². The minimum absolute atomic E-state index is 0.0246. The second-order valence-electron chi connectivity index (χ2n) is 9.71. The fourth-order valence-corrected chi connectivity index (χ4v) is 4.78. The normalized spacial score (nSPS) is 15.7. The highest BCUT2D eigenvalue weighted by molar-refractivity contribution is 5.97. The number of amides is 2. The second-order valence-corrected chi connectivity index (χ2v) is 9.71. The predicted molar refractivity (Wildman–Crippen MR) is 152 cm³/mol. The standard InChI is InChI=1S/C31H32N6O2/c32-29-28(31(39)35-25-15-8-16-33-19-25)36-27(20-34-29)23-13-7-14-24(18-23)30(38)37-26(22-11-5-2-6-12-22)17-21-9-3-1-4-10-21/h1-7,9-14,18,20,25-26,33H,8,15-17,19H2,(H2,32,34)(H,35,39)(H,37,38). The molecule has 2 heterocycles. The summed E-state index contributed by atoms with van der Waals surface area (Å²) >= 11 is 0. The smallest absolute Gasteiger partial charge is 0.274 e. The van der Waals surface area contributed by atoms with Crippen LogP contribution in [0, 0.1) is 0 Å². The maximum absolute atomic E-state index is 13.4. The number of nitrogens with zero attached hydrogens (tertiary/aromatic N) is 2. The fourth-order valence-electron chi connectivity index (χ4n) is 4.78. The molecule has 5 N–H and O–H groups in total. The van der Waals surface area contributed by atoms with Crippen molar-refractivity contribution in [1.29, 1.82) is 0 Å². The first-order valence-electron chi connectivity index (χ1n) is 13.2. The molecule has 8 heteroatoms. The zero-order valence-electron chi connectivity index (χ0n) is 21.6. The molecule has 2 amide bonds. The number of carbonyl (C=O) groups excluding carboxylic acids is 2. The molecule has 39 heavy (non-hydrogen) atoms. The van der Waals surface area contributed by atoms with Crippen LogP contribution in [0.25, 0.3) is 11.3 Å². The molecule has 0 bridgehead atoms. The highest BCUT2D eigenvalue weighted by Gasteiger charge is 2.21. The van der Waals surface area contributed by atoms with E-state index in [4.69, 9.17) is 5.73 Å². The summed E-state index contributed by atoms with van der Waals surface area (Å²) in [5, 5.41) is 9.47. The van der Waals surface area contributed by atoms with Crippen molar-refractivity contribution in [3.8, 4) is 11.3 Å². The lowest BCUT2D eigenvalue weighted by Gasteiger charge is -2.23. The molecule has 0 saturated carbocycles. The number of piperidine rings is 1. The lowest BCUT2D eigenvalue weighted by Crippen LogP contribution is -2.46. The number of hydrogen-bond acceptors (Lipinski definition) is 6. The van der Waals surface area contributed by atoms with E-state index in [1.54, 1.807) is 18.2 Å². The monoisotopic (exact) mass is 520 g/mol. The number of rotatable bonds is 8. The van der Waals surface area contributed by atoms with Crippen molar-refractivity contribution < 1.29 is 9.59 Å². The maximum atomic E-state index is 13.4. The minimum atomic E-state index is -0.351. The first-order chi connectivity index (χ1) is 19.1. The first kappa shape index (κ1) is 26.1. The van der Waals surface area contributed by atoms with Gasteiger partial charge in [-0.05, 0) is 49.1 Å². The van der Waals surface area contributed by atoms with Crippen LogP contribution < -0.4 is 21.7 Å². The molecular weight excluding hydrogens is 488 g/mol. The van der Waals surface area contributed by atoms with Crippen LogP contribution in [0.15, 0.2) is 91.1 Å². The third-order valence-electron chi connectivity index (χ3n) is 6.86. The van der Waals surface area contributed by atoms with E-state index in [2.05, 4.69) is 38.1 Å². The molecule has 2 atom stereocenters. The predicted octanol–water partition coefficient (Wildman–Crippen LogP) is 3.92. The molecule has 2 unspecified atom stereocenters. The molecule has 5 rings (SSSR count). The number of benzene rings is 3. The summed E-state index contributed by atoms with van der Waals surface area (Å²) in [5.74, 6) is -0.482. The van der Waals surface area contributed by atoms with Gasteiger partial charge in [0.05, 0.1) is 17.9 Å². The number of anilines is 1. The molecule has 0 aliphatic carbocycles. The maximum Gasteiger partial charge on any atom is 0.274 e. The third kappa shape index (κ3) is 6.66. The number of aromatic nitrogens is 2. The van der Waals surface area contributed by atoms with Gasteiger partial charge in [-0.2, -0.15) is 0 Å². The van der Waals surface area contributed by atoms with Crippen LogP contribution in [0.5, 0.6) is 0 Å². The molecule has 1 saturated heterocycles. The van der Waals surface area contributed by atoms with Gasteiger partial charge in [0.15, 0.2) is 11.5 Å². The van der Waals surface area contributed by atoms with Crippen molar-refractivity contribution in [1.82, 2.24) is 25.9 Å². The molecule has 0 spiro atoms. The molecule has 1 aliphatic rings. The van der Waals surface area contributed by atoms with E-state index in [1.165, 1.54) is 6.20 Å². The van der Waals surface area contributed by atoms with Gasteiger partial charge in [0.2, 0.25) is 0 Å². The second kappa shape index (κ2) is 12.3. The lowest BCUT2D eigenvalue weighted by atomic mass is 9.98. The van der Waals surface area contributed by atoms with Crippen molar-refractivity contribution in [3.05, 3.63) is 114 Å². The number of hydrogen-bond donors (Lipinski definition) is 4. The summed E-state index contributed by atoms with van der Waals surface area (Å²) in [6.45, 7) is 1.66. The molecule has 4 aromatic rings. The van der Waals surface area contributed by atoms with Crippen LogP contribution in [-0.4, -0.2) is 40.9 Å². The topological polar surface area (TPSA) is 122 Å². The fraction of sp³-hybridized carbons (Fsp3) is 0.226. The van der Waals surface area contributed by atoms with E-state index in [-0.39, 0.29) is 35.4 Å². The quantitative estimate of drug-likeness (QED) is 0.279. The molecule has 1 fully saturated rings. The van der Waals surface area contributed by atoms with Crippen molar-refractivity contribution in [2.24, 2.45) is 0 Å². The summed E-state index contributed by atoms with van der Waals surface area (Å²) in [4.78, 5) is 35.1. The van der Waals surface area contributed by atoms with Gasteiger partial charge in [-0.1, -0.05) is 72.8 Å². The Morgan fingerprint density at radius 1 is 0.974 bits per heavy atom. The average Bonchev–Trinajstić information content (AvgIpc) is 2.98. The third-order valence-corrected chi connectivity index (χ3v) is 6.86. The molecule has 0 radical (unpaired) electrons. The highest BCUT2D eigenvalue weighted by Crippen LogP contribution is 2.22. The van der Waals surface area contributed by atoms with Crippen LogP contribution in [0.1, 0.15) is 50.9 Å². The zero-order valence-corrected chi connectivity index (χ0v) is 21.6. The van der Waals surface area contributed by atoms with Crippen molar-refractivity contribution in [2.75, 3.05) is 18.8 Å². The Kier molecular flexibility index (Phi) is 8.23. The van der Waals surface area contributed by atoms with Gasteiger partial charge in [0, 0.05) is 23.7 Å². The Labute approximate surface area is 228 Å². The number of nitrogens with two attached hydrogens (primary N) is 1. The lowest BCUT2D eigenvalue weighted by molar-refractivity contribution is 0.0921. The van der Waals surface area contributed by atoms with Gasteiger partial charge in [0.25, 0.3) is 11.8 Å². The summed E-state index contributed by atoms with van der Waals surface area (Å²) in [7, 11) is 0. The number of nitrogens with one attached hydrogen (secondary N) is 3. The van der Waals surface area contributed by atoms with Gasteiger partial charge in [-0.25, -0.2) is 9.97 Å². The van der Waals surface area contributed by atoms with E-state index in [0.717, 1.165) is 30.5 Å². The van der Waals surface area contributed by atoms with E-state index in [1.807, 2.05) is 54.6 Å². The summed E-state index contributed by atoms with van der Waals surface area (Å²) in [5.41, 5.74) is 9.88. The largest absolute Gasteiger partial charge is 0.382 e. The summed E-state index contributed by atoms with van der Waals surface area (Å²) in [6, 6.07) is 27.0. The minimum Gasteiger partial charge on any atom is -0.382 e. The molecule has 198 valence electrons. The molecule has 1 aromatic heterocycles. The molecular formula is C31H32N6O2. The van der Waals surface area contributed by atoms with Crippen molar-refractivity contribution >= 4 is 17.6 Å². The van der Waals surface area contributed by atoms with E-state index >= 15 is 0 Å². The SMILES string of the molecule is Nc1ncc(-c2cccc(C(=O)NC(Cc3ccccc3)c3ccccc3)c2)nc1C(=O)NC1CCCNC1. The van der Waals surface area contributed by atoms with E-state index in [9.17, 15) is 9.59 Å².